The minimum Gasteiger partial charge on any atom is -0.480 e. The van der Waals surface area contributed by atoms with Crippen molar-refractivity contribution in [2.75, 3.05) is 19.0 Å². The summed E-state index contributed by atoms with van der Waals surface area (Å²) in [6.07, 6.45) is 0. The van der Waals surface area contributed by atoms with Crippen molar-refractivity contribution in [1.82, 2.24) is 14.8 Å². The molecule has 0 aliphatic carbocycles. The van der Waals surface area contributed by atoms with Gasteiger partial charge in [-0.25, -0.2) is 4.68 Å². The highest BCUT2D eigenvalue weighted by Gasteiger charge is 2.11. The summed E-state index contributed by atoms with van der Waals surface area (Å²) in [6.45, 7) is -0.188. The van der Waals surface area contributed by atoms with Crippen LogP contribution >= 0.6 is 15.9 Å². The highest BCUT2D eigenvalue weighted by molar-refractivity contribution is 9.10. The molecule has 0 aliphatic rings. The van der Waals surface area contributed by atoms with Crippen LogP contribution in [0.1, 0.15) is 0 Å². The Labute approximate surface area is 83.3 Å². The van der Waals surface area contributed by atoms with Gasteiger partial charge in [0.2, 0.25) is 10.7 Å². The van der Waals surface area contributed by atoms with E-state index in [1.807, 2.05) is 0 Å². The molecular weight excluding hydrogens is 240 g/mol. The summed E-state index contributed by atoms with van der Waals surface area (Å²) in [7, 11) is 3.55. The van der Waals surface area contributed by atoms with Crippen LogP contribution in [0.15, 0.2) is 4.73 Å². The highest BCUT2D eigenvalue weighted by Crippen LogP contribution is 2.11. The third-order valence-electron chi connectivity index (χ3n) is 1.31. The summed E-state index contributed by atoms with van der Waals surface area (Å²) in [6, 6.07) is 0. The normalized spacial score (nSPS) is 10.1. The molecule has 1 heterocycles. The molecular formula is C6H9BrN4O2. The molecule has 1 aromatic rings. The van der Waals surface area contributed by atoms with E-state index in [4.69, 9.17) is 5.11 Å². The number of anilines is 1. The molecule has 7 heteroatoms. The van der Waals surface area contributed by atoms with Gasteiger partial charge in [0.05, 0.1) is 0 Å². The molecule has 0 saturated heterocycles. The van der Waals surface area contributed by atoms with Gasteiger partial charge in [-0.05, 0) is 15.9 Å². The van der Waals surface area contributed by atoms with Gasteiger partial charge in [0.15, 0.2) is 0 Å². The minimum atomic E-state index is -0.944. The van der Waals surface area contributed by atoms with Gasteiger partial charge in [0.25, 0.3) is 0 Å². The Balaban J connectivity index is 2.97. The zero-order chi connectivity index (χ0) is 10.0. The van der Waals surface area contributed by atoms with E-state index in [1.165, 1.54) is 4.68 Å². The summed E-state index contributed by atoms with van der Waals surface area (Å²) < 4.78 is 1.70. The Hall–Kier alpha value is -1.11. The molecule has 0 bridgehead atoms. The Morgan fingerprint density at radius 1 is 1.69 bits per heavy atom. The topological polar surface area (TPSA) is 71.2 Å². The average molecular weight is 249 g/mol. The van der Waals surface area contributed by atoms with Gasteiger partial charge in [0, 0.05) is 14.1 Å². The van der Waals surface area contributed by atoms with Gasteiger partial charge in [-0.2, -0.15) is 4.98 Å². The second-order valence-corrected chi connectivity index (χ2v) is 3.34. The maximum atomic E-state index is 10.4. The van der Waals surface area contributed by atoms with Crippen LogP contribution in [0.5, 0.6) is 0 Å². The van der Waals surface area contributed by atoms with E-state index in [0.717, 1.165) is 0 Å². The number of nitrogens with zero attached hydrogens (tertiary/aromatic N) is 4. The van der Waals surface area contributed by atoms with Gasteiger partial charge in [-0.15, -0.1) is 5.10 Å². The summed E-state index contributed by atoms with van der Waals surface area (Å²) in [5, 5.41) is 12.4. The third kappa shape index (κ3) is 2.41. The van der Waals surface area contributed by atoms with Crippen molar-refractivity contribution in [3.63, 3.8) is 0 Å². The molecule has 72 valence electrons. The van der Waals surface area contributed by atoms with Gasteiger partial charge < -0.3 is 10.0 Å². The van der Waals surface area contributed by atoms with Gasteiger partial charge in [-0.3, -0.25) is 4.79 Å². The molecule has 0 aliphatic heterocycles. The number of hydrogen-bond donors (Lipinski definition) is 1. The number of aromatic nitrogens is 3. The molecule has 0 atom stereocenters. The standard InChI is InChI=1S/C6H9BrN4O2/c1-10(2)6-8-5(7)9-11(6)3-4(12)13/h3H2,1-2H3,(H,12,13). The van der Waals surface area contributed by atoms with E-state index >= 15 is 0 Å². The first-order valence-corrected chi connectivity index (χ1v) is 4.29. The van der Waals surface area contributed by atoms with E-state index in [9.17, 15) is 4.79 Å². The lowest BCUT2D eigenvalue weighted by atomic mass is 10.6. The van der Waals surface area contributed by atoms with Gasteiger partial charge >= 0.3 is 5.97 Å². The molecule has 0 saturated carbocycles. The summed E-state index contributed by atoms with van der Waals surface area (Å²) in [5.41, 5.74) is 0. The Kier molecular flexibility index (Phi) is 2.86. The smallest absolute Gasteiger partial charge is 0.325 e. The number of rotatable bonds is 3. The second-order valence-electron chi connectivity index (χ2n) is 2.63. The predicted octanol–water partition coefficient (Wildman–Crippen LogP) is 0.191. The lowest BCUT2D eigenvalue weighted by Crippen LogP contribution is -2.19. The van der Waals surface area contributed by atoms with Crippen molar-refractivity contribution in [2.24, 2.45) is 0 Å². The quantitative estimate of drug-likeness (QED) is 0.827. The Morgan fingerprint density at radius 3 is 2.77 bits per heavy atom. The van der Waals surface area contributed by atoms with Crippen LogP contribution in [0.25, 0.3) is 0 Å². The van der Waals surface area contributed by atoms with Crippen molar-refractivity contribution in [2.45, 2.75) is 6.54 Å². The van der Waals surface area contributed by atoms with E-state index in [-0.39, 0.29) is 6.54 Å². The van der Waals surface area contributed by atoms with Crippen LogP contribution in [0, 0.1) is 0 Å². The summed E-state index contributed by atoms with van der Waals surface area (Å²) >= 11 is 3.08. The van der Waals surface area contributed by atoms with Crippen LogP contribution in [0.2, 0.25) is 0 Å². The lowest BCUT2D eigenvalue weighted by molar-refractivity contribution is -0.137. The van der Waals surface area contributed by atoms with Crippen LogP contribution in [0.3, 0.4) is 0 Å². The Bertz CT molecular complexity index is 322. The van der Waals surface area contributed by atoms with Crippen molar-refractivity contribution < 1.29 is 9.90 Å². The van der Waals surface area contributed by atoms with Crippen LogP contribution in [0.4, 0.5) is 5.95 Å². The minimum absolute atomic E-state index is 0.188. The molecule has 0 amide bonds. The van der Waals surface area contributed by atoms with Crippen LogP contribution in [-0.4, -0.2) is 39.9 Å². The molecule has 6 nitrogen and oxygen atoms in total. The first-order valence-electron chi connectivity index (χ1n) is 3.50. The van der Waals surface area contributed by atoms with E-state index in [2.05, 4.69) is 26.0 Å². The Morgan fingerprint density at radius 2 is 2.31 bits per heavy atom. The number of carbonyl (C=O) groups is 1. The predicted molar refractivity (Wildman–Crippen MR) is 49.7 cm³/mol. The fourth-order valence-electron chi connectivity index (χ4n) is 0.872. The highest BCUT2D eigenvalue weighted by atomic mass is 79.9. The maximum absolute atomic E-state index is 10.4. The molecule has 1 N–H and O–H groups in total. The molecule has 0 unspecified atom stereocenters. The molecule has 1 rings (SSSR count). The van der Waals surface area contributed by atoms with Crippen molar-refractivity contribution in [3.05, 3.63) is 4.73 Å². The largest absolute Gasteiger partial charge is 0.480 e. The number of carboxylic acid groups (broad SMARTS) is 1. The number of aliphatic carboxylic acids is 1. The van der Waals surface area contributed by atoms with Gasteiger partial charge in [0.1, 0.15) is 6.54 Å². The average Bonchev–Trinajstić information content (AvgIpc) is 2.29. The fraction of sp³-hybridized carbons (Fsp3) is 0.500. The molecule has 13 heavy (non-hydrogen) atoms. The molecule has 0 aromatic carbocycles. The number of halogens is 1. The van der Waals surface area contributed by atoms with Crippen LogP contribution < -0.4 is 4.90 Å². The van der Waals surface area contributed by atoms with Gasteiger partial charge in [-0.1, -0.05) is 0 Å². The molecule has 0 radical (unpaired) electrons. The summed E-state index contributed by atoms with van der Waals surface area (Å²) in [5.74, 6) is -0.435. The lowest BCUT2D eigenvalue weighted by Gasteiger charge is -2.10. The molecule has 0 fully saturated rings. The van der Waals surface area contributed by atoms with Crippen LogP contribution in [-0.2, 0) is 11.3 Å². The molecule has 0 spiro atoms. The van der Waals surface area contributed by atoms with Crippen molar-refractivity contribution in [3.8, 4) is 0 Å². The SMILES string of the molecule is CN(C)c1nc(Br)nn1CC(=O)O. The van der Waals surface area contributed by atoms with Crippen molar-refractivity contribution in [1.29, 1.82) is 0 Å². The molecule has 1 aromatic heterocycles. The summed E-state index contributed by atoms with van der Waals surface area (Å²) in [4.78, 5) is 16.1. The zero-order valence-corrected chi connectivity index (χ0v) is 8.82. The van der Waals surface area contributed by atoms with E-state index in [0.29, 0.717) is 10.7 Å². The second kappa shape index (κ2) is 3.73. The van der Waals surface area contributed by atoms with Crippen molar-refractivity contribution >= 4 is 27.8 Å². The number of hydrogen-bond acceptors (Lipinski definition) is 4. The third-order valence-corrected chi connectivity index (χ3v) is 1.65. The fourth-order valence-corrected chi connectivity index (χ4v) is 1.22. The number of carboxylic acids is 1. The van der Waals surface area contributed by atoms with E-state index in [1.54, 1.807) is 19.0 Å². The first-order chi connectivity index (χ1) is 6.00. The van der Waals surface area contributed by atoms with E-state index < -0.39 is 5.97 Å². The zero-order valence-electron chi connectivity index (χ0n) is 7.23. The monoisotopic (exact) mass is 248 g/mol. The maximum Gasteiger partial charge on any atom is 0.325 e. The first kappa shape index (κ1) is 9.97.